The second-order valence-electron chi connectivity index (χ2n) is 6.54. The number of hydrogen-bond acceptors (Lipinski definition) is 5. The number of aromatic nitrogens is 2. The molecule has 0 atom stereocenters. The predicted molar refractivity (Wildman–Crippen MR) is 115 cm³/mol. The highest BCUT2D eigenvalue weighted by Crippen LogP contribution is 2.36. The van der Waals surface area contributed by atoms with E-state index in [1.54, 1.807) is 32.4 Å². The number of para-hydroxylation sites is 1. The smallest absolute Gasteiger partial charge is 0.280 e. The number of ether oxygens (including phenoxy) is 2. The van der Waals surface area contributed by atoms with Crippen molar-refractivity contribution in [3.05, 3.63) is 82.9 Å². The van der Waals surface area contributed by atoms with Crippen molar-refractivity contribution in [2.24, 2.45) is 0 Å². The van der Waals surface area contributed by atoms with Crippen molar-refractivity contribution >= 4 is 5.69 Å². The summed E-state index contributed by atoms with van der Waals surface area (Å²) >= 11 is 0. The van der Waals surface area contributed by atoms with Crippen LogP contribution in [0.4, 0.5) is 5.69 Å². The molecule has 0 amide bonds. The van der Waals surface area contributed by atoms with Gasteiger partial charge in [-0.3, -0.25) is 10.1 Å². The maximum Gasteiger partial charge on any atom is 0.280 e. The van der Waals surface area contributed by atoms with E-state index in [2.05, 4.69) is 4.98 Å². The van der Waals surface area contributed by atoms with E-state index in [1.165, 1.54) is 6.07 Å². The zero-order valence-corrected chi connectivity index (χ0v) is 16.5. The van der Waals surface area contributed by atoms with E-state index >= 15 is 0 Å². The Kier molecular flexibility index (Phi) is 5.17. The number of H-pyrrole nitrogens is 1. The van der Waals surface area contributed by atoms with Gasteiger partial charge in [0.05, 0.1) is 36.1 Å². The quantitative estimate of drug-likeness (QED) is 0.348. The minimum atomic E-state index is -0.405. The molecular formula is C23H19N3O4. The normalized spacial score (nSPS) is 10.6. The highest BCUT2D eigenvalue weighted by molar-refractivity contribution is 5.83. The Morgan fingerprint density at radius 3 is 1.97 bits per heavy atom. The molecule has 7 heteroatoms. The molecule has 0 unspecified atom stereocenters. The fourth-order valence-electron chi connectivity index (χ4n) is 3.26. The number of nitro benzene ring substituents is 1. The van der Waals surface area contributed by atoms with Crippen molar-refractivity contribution in [1.29, 1.82) is 0 Å². The minimum Gasteiger partial charge on any atom is -0.497 e. The first-order valence-corrected chi connectivity index (χ1v) is 9.23. The summed E-state index contributed by atoms with van der Waals surface area (Å²) in [6, 6.07) is 21.6. The van der Waals surface area contributed by atoms with Gasteiger partial charge in [0.25, 0.3) is 5.69 Å². The van der Waals surface area contributed by atoms with Crippen LogP contribution in [0.15, 0.2) is 72.8 Å². The summed E-state index contributed by atoms with van der Waals surface area (Å²) in [6.45, 7) is 0. The number of imidazole rings is 1. The summed E-state index contributed by atoms with van der Waals surface area (Å²) in [4.78, 5) is 19.1. The second-order valence-corrected chi connectivity index (χ2v) is 6.54. The second kappa shape index (κ2) is 8.08. The molecule has 30 heavy (non-hydrogen) atoms. The molecule has 0 saturated heterocycles. The third-order valence-corrected chi connectivity index (χ3v) is 4.80. The van der Waals surface area contributed by atoms with Crippen LogP contribution in [-0.2, 0) is 0 Å². The van der Waals surface area contributed by atoms with Crippen LogP contribution in [0.2, 0.25) is 0 Å². The van der Waals surface area contributed by atoms with Crippen molar-refractivity contribution in [2.45, 2.75) is 0 Å². The SMILES string of the molecule is COc1ccc(-c2nc(-c3ccccc3[N+](=O)[O-])[nH]c2-c2ccc(OC)cc2)cc1. The Labute approximate surface area is 173 Å². The van der Waals surface area contributed by atoms with Crippen LogP contribution in [0.1, 0.15) is 0 Å². The Balaban J connectivity index is 1.90. The summed E-state index contributed by atoms with van der Waals surface area (Å²) < 4.78 is 10.5. The van der Waals surface area contributed by atoms with Gasteiger partial charge < -0.3 is 14.5 Å². The van der Waals surface area contributed by atoms with E-state index in [0.29, 0.717) is 17.1 Å². The van der Waals surface area contributed by atoms with Gasteiger partial charge in [0.1, 0.15) is 17.3 Å². The lowest BCUT2D eigenvalue weighted by Crippen LogP contribution is -1.92. The Bertz CT molecular complexity index is 1120. The van der Waals surface area contributed by atoms with Gasteiger partial charge in [0, 0.05) is 17.2 Å². The monoisotopic (exact) mass is 401 g/mol. The van der Waals surface area contributed by atoms with Gasteiger partial charge in [0.15, 0.2) is 0 Å². The van der Waals surface area contributed by atoms with Gasteiger partial charge in [-0.25, -0.2) is 4.98 Å². The van der Waals surface area contributed by atoms with Crippen molar-refractivity contribution in [3.8, 4) is 45.4 Å². The van der Waals surface area contributed by atoms with Gasteiger partial charge in [-0.2, -0.15) is 0 Å². The lowest BCUT2D eigenvalue weighted by Gasteiger charge is -2.06. The molecule has 0 fully saturated rings. The molecule has 0 radical (unpaired) electrons. The standard InChI is InChI=1S/C23H19N3O4/c1-29-17-11-7-15(8-12-17)21-22(16-9-13-18(30-2)14-10-16)25-23(24-21)19-5-3-4-6-20(19)26(27)28/h3-14H,1-2H3,(H,24,25). The summed E-state index contributed by atoms with van der Waals surface area (Å²) in [5.41, 5.74) is 3.62. The number of benzene rings is 3. The number of nitrogens with zero attached hydrogens (tertiary/aromatic N) is 2. The Hall–Kier alpha value is -4.13. The van der Waals surface area contributed by atoms with Crippen molar-refractivity contribution in [3.63, 3.8) is 0 Å². The molecule has 4 aromatic rings. The van der Waals surface area contributed by atoms with E-state index in [-0.39, 0.29) is 5.69 Å². The van der Waals surface area contributed by atoms with E-state index in [0.717, 1.165) is 28.3 Å². The van der Waals surface area contributed by atoms with Gasteiger partial charge in [0.2, 0.25) is 0 Å². The van der Waals surface area contributed by atoms with Crippen molar-refractivity contribution in [1.82, 2.24) is 9.97 Å². The van der Waals surface area contributed by atoms with E-state index < -0.39 is 4.92 Å². The molecule has 7 nitrogen and oxygen atoms in total. The van der Waals surface area contributed by atoms with Crippen LogP contribution < -0.4 is 9.47 Å². The molecule has 1 aromatic heterocycles. The summed E-state index contributed by atoms with van der Waals surface area (Å²) in [5.74, 6) is 1.90. The lowest BCUT2D eigenvalue weighted by molar-refractivity contribution is -0.384. The maximum atomic E-state index is 11.5. The summed E-state index contributed by atoms with van der Waals surface area (Å²) in [5, 5.41) is 11.5. The molecule has 1 N–H and O–H groups in total. The van der Waals surface area contributed by atoms with Gasteiger partial charge in [-0.15, -0.1) is 0 Å². The molecule has 4 rings (SSSR count). The highest BCUT2D eigenvalue weighted by Gasteiger charge is 2.21. The third-order valence-electron chi connectivity index (χ3n) is 4.80. The van der Waals surface area contributed by atoms with Crippen LogP contribution in [0.3, 0.4) is 0 Å². The Morgan fingerprint density at radius 2 is 1.40 bits per heavy atom. The van der Waals surface area contributed by atoms with Gasteiger partial charge in [-0.05, 0) is 54.6 Å². The average molecular weight is 401 g/mol. The average Bonchev–Trinajstić information content (AvgIpc) is 3.24. The molecule has 0 bridgehead atoms. The molecule has 150 valence electrons. The predicted octanol–water partition coefficient (Wildman–Crippen LogP) is 5.34. The van der Waals surface area contributed by atoms with E-state index in [9.17, 15) is 10.1 Å². The van der Waals surface area contributed by atoms with E-state index in [4.69, 9.17) is 14.5 Å². The van der Waals surface area contributed by atoms with Crippen LogP contribution in [0, 0.1) is 10.1 Å². The van der Waals surface area contributed by atoms with Crippen LogP contribution in [0.5, 0.6) is 11.5 Å². The first-order chi connectivity index (χ1) is 14.6. The fraction of sp³-hybridized carbons (Fsp3) is 0.0870. The van der Waals surface area contributed by atoms with E-state index in [1.807, 2.05) is 48.5 Å². The number of hydrogen-bond donors (Lipinski definition) is 1. The van der Waals surface area contributed by atoms with Crippen LogP contribution >= 0.6 is 0 Å². The summed E-state index contributed by atoms with van der Waals surface area (Å²) in [7, 11) is 3.22. The van der Waals surface area contributed by atoms with Crippen molar-refractivity contribution < 1.29 is 14.4 Å². The number of rotatable bonds is 6. The number of nitro groups is 1. The van der Waals surface area contributed by atoms with Crippen molar-refractivity contribution in [2.75, 3.05) is 14.2 Å². The first-order valence-electron chi connectivity index (χ1n) is 9.23. The molecule has 0 aliphatic heterocycles. The molecule has 0 saturated carbocycles. The summed E-state index contributed by atoms with van der Waals surface area (Å²) in [6.07, 6.45) is 0. The zero-order valence-electron chi connectivity index (χ0n) is 16.5. The third kappa shape index (κ3) is 3.60. The van der Waals surface area contributed by atoms with Gasteiger partial charge >= 0.3 is 0 Å². The Morgan fingerprint density at radius 1 is 0.833 bits per heavy atom. The maximum absolute atomic E-state index is 11.5. The molecular weight excluding hydrogens is 382 g/mol. The zero-order chi connectivity index (χ0) is 21.1. The minimum absolute atomic E-state index is 0.00573. The van der Waals surface area contributed by atoms with Gasteiger partial charge in [-0.1, -0.05) is 12.1 Å². The first kappa shape index (κ1) is 19.2. The fourth-order valence-corrected chi connectivity index (χ4v) is 3.26. The molecule has 0 aliphatic rings. The lowest BCUT2D eigenvalue weighted by atomic mass is 10.0. The number of methoxy groups -OCH3 is 2. The number of aromatic amines is 1. The molecule has 1 heterocycles. The number of nitrogens with one attached hydrogen (secondary N) is 1. The largest absolute Gasteiger partial charge is 0.497 e. The van der Waals surface area contributed by atoms with Crippen LogP contribution in [-0.4, -0.2) is 29.1 Å². The molecule has 0 aliphatic carbocycles. The highest BCUT2D eigenvalue weighted by atomic mass is 16.6. The molecule has 0 spiro atoms. The topological polar surface area (TPSA) is 90.3 Å². The van der Waals surface area contributed by atoms with Crippen LogP contribution in [0.25, 0.3) is 33.9 Å². The molecule has 3 aromatic carbocycles.